The summed E-state index contributed by atoms with van der Waals surface area (Å²) in [4.78, 5) is 26.7. The van der Waals surface area contributed by atoms with Gasteiger partial charge < -0.3 is 15.1 Å². The molecule has 0 spiro atoms. The molecule has 1 aromatic heterocycles. The lowest BCUT2D eigenvalue weighted by atomic mass is 10.0. The van der Waals surface area contributed by atoms with Gasteiger partial charge in [-0.2, -0.15) is 0 Å². The molecule has 1 fully saturated rings. The van der Waals surface area contributed by atoms with Crippen molar-refractivity contribution in [3.63, 3.8) is 0 Å². The first-order valence-corrected chi connectivity index (χ1v) is 11.6. The van der Waals surface area contributed by atoms with Crippen LogP contribution >= 0.6 is 0 Å². The summed E-state index contributed by atoms with van der Waals surface area (Å²) in [6.07, 6.45) is 0.780. The van der Waals surface area contributed by atoms with Crippen LogP contribution in [0.25, 0.3) is 11.4 Å². The van der Waals surface area contributed by atoms with Crippen LogP contribution in [0.4, 0.5) is 10.6 Å². The molecule has 2 amide bonds. The zero-order valence-electron chi connectivity index (χ0n) is 20.0. The van der Waals surface area contributed by atoms with Crippen molar-refractivity contribution in [1.82, 2.24) is 20.2 Å². The molecule has 6 nitrogen and oxygen atoms in total. The minimum Gasteiger partial charge on any atom is -0.353 e. The van der Waals surface area contributed by atoms with Crippen molar-refractivity contribution in [2.24, 2.45) is 0 Å². The van der Waals surface area contributed by atoms with E-state index in [1.807, 2.05) is 62.1 Å². The van der Waals surface area contributed by atoms with E-state index < -0.39 is 0 Å². The van der Waals surface area contributed by atoms with E-state index in [4.69, 9.17) is 9.97 Å². The Bertz CT molecular complexity index is 1080. The smallest absolute Gasteiger partial charge is 0.317 e. The number of benzene rings is 2. The van der Waals surface area contributed by atoms with Crippen LogP contribution in [0.3, 0.4) is 0 Å². The van der Waals surface area contributed by atoms with Crippen LogP contribution < -0.4 is 10.2 Å². The molecule has 1 N–H and O–H groups in total. The highest BCUT2D eigenvalue weighted by Gasteiger charge is 2.27. The summed E-state index contributed by atoms with van der Waals surface area (Å²) in [5, 5.41) is 3.07. The molecule has 172 valence electrons. The van der Waals surface area contributed by atoms with Gasteiger partial charge in [-0.05, 0) is 33.3 Å². The van der Waals surface area contributed by atoms with Crippen molar-refractivity contribution in [2.75, 3.05) is 31.1 Å². The van der Waals surface area contributed by atoms with Crippen molar-refractivity contribution in [1.29, 1.82) is 0 Å². The van der Waals surface area contributed by atoms with E-state index in [2.05, 4.69) is 41.4 Å². The van der Waals surface area contributed by atoms with E-state index in [1.165, 1.54) is 5.56 Å². The van der Waals surface area contributed by atoms with Gasteiger partial charge in [0.1, 0.15) is 5.82 Å². The van der Waals surface area contributed by atoms with E-state index in [-0.39, 0.29) is 11.6 Å². The molecule has 6 heteroatoms. The number of piperazine rings is 1. The number of carbonyl (C=O) groups is 1. The highest BCUT2D eigenvalue weighted by atomic mass is 16.2. The first-order chi connectivity index (χ1) is 15.8. The molecule has 0 saturated carbocycles. The normalized spacial score (nSPS) is 14.3. The lowest BCUT2D eigenvalue weighted by Gasteiger charge is -2.37. The number of aromatic nitrogens is 2. The Labute approximate surface area is 196 Å². The molecule has 2 heterocycles. The van der Waals surface area contributed by atoms with Crippen LogP contribution in [0.2, 0.25) is 0 Å². The molecule has 2 aromatic carbocycles. The van der Waals surface area contributed by atoms with Crippen molar-refractivity contribution >= 4 is 11.8 Å². The summed E-state index contributed by atoms with van der Waals surface area (Å²) in [7, 11) is 0. The van der Waals surface area contributed by atoms with E-state index in [0.29, 0.717) is 13.1 Å². The minimum absolute atomic E-state index is 0.00417. The average molecular weight is 444 g/mol. The van der Waals surface area contributed by atoms with Gasteiger partial charge in [-0.1, -0.05) is 60.7 Å². The van der Waals surface area contributed by atoms with Crippen LogP contribution in [0, 0.1) is 6.92 Å². The summed E-state index contributed by atoms with van der Waals surface area (Å²) >= 11 is 0. The fourth-order valence-corrected chi connectivity index (χ4v) is 4.09. The second kappa shape index (κ2) is 9.61. The molecule has 0 unspecified atom stereocenters. The van der Waals surface area contributed by atoms with Crippen molar-refractivity contribution in [2.45, 2.75) is 39.7 Å². The van der Waals surface area contributed by atoms with Gasteiger partial charge in [-0.25, -0.2) is 14.8 Å². The topological polar surface area (TPSA) is 61.4 Å². The predicted octanol–water partition coefficient (Wildman–Crippen LogP) is 4.67. The van der Waals surface area contributed by atoms with Gasteiger partial charge in [0.2, 0.25) is 0 Å². The molecule has 0 radical (unpaired) electrons. The molecule has 1 aliphatic rings. The molecular weight excluding hydrogens is 410 g/mol. The number of amides is 2. The number of hydrogen-bond donors (Lipinski definition) is 1. The Balaban J connectivity index is 1.62. The van der Waals surface area contributed by atoms with E-state index in [1.54, 1.807) is 0 Å². The molecule has 1 aliphatic heterocycles. The van der Waals surface area contributed by atoms with Gasteiger partial charge in [0.15, 0.2) is 5.82 Å². The van der Waals surface area contributed by atoms with Crippen molar-refractivity contribution in [3.8, 4) is 11.4 Å². The fraction of sp³-hybridized carbons (Fsp3) is 0.370. The van der Waals surface area contributed by atoms with Gasteiger partial charge in [-0.15, -0.1) is 0 Å². The summed E-state index contributed by atoms with van der Waals surface area (Å²) < 4.78 is 0. The second-order valence-electron chi connectivity index (χ2n) is 9.62. The maximum atomic E-state index is 12.6. The monoisotopic (exact) mass is 443 g/mol. The second-order valence-corrected chi connectivity index (χ2v) is 9.62. The SMILES string of the molecule is Cc1nc(-c2ccccc2)nc(N2CCN(C(=O)NC(C)(C)C)CC2)c1Cc1ccccc1. The van der Waals surface area contributed by atoms with Crippen LogP contribution in [-0.4, -0.2) is 52.6 Å². The Hall–Kier alpha value is -3.41. The Kier molecular flexibility index (Phi) is 6.63. The van der Waals surface area contributed by atoms with Gasteiger partial charge in [0.25, 0.3) is 0 Å². The minimum atomic E-state index is -0.245. The first-order valence-electron chi connectivity index (χ1n) is 11.6. The fourth-order valence-electron chi connectivity index (χ4n) is 4.09. The van der Waals surface area contributed by atoms with Crippen LogP contribution in [0.15, 0.2) is 60.7 Å². The summed E-state index contributed by atoms with van der Waals surface area (Å²) in [5.41, 5.74) is 4.15. The first kappa shape index (κ1) is 22.8. The van der Waals surface area contributed by atoms with E-state index >= 15 is 0 Å². The Morgan fingerprint density at radius 1 is 0.909 bits per heavy atom. The number of rotatable bonds is 4. The Morgan fingerprint density at radius 3 is 2.12 bits per heavy atom. The van der Waals surface area contributed by atoms with Gasteiger partial charge in [0.05, 0.1) is 0 Å². The predicted molar refractivity (Wildman–Crippen MR) is 134 cm³/mol. The standard InChI is InChI=1S/C27H33N5O/c1-20-23(19-21-11-7-5-8-12-21)25(29-24(28-20)22-13-9-6-10-14-22)31-15-17-32(18-16-31)26(33)30-27(2,3)4/h5-14H,15-19H2,1-4H3,(H,30,33). The average Bonchev–Trinajstić information content (AvgIpc) is 2.80. The summed E-state index contributed by atoms with van der Waals surface area (Å²) in [5.74, 6) is 1.72. The van der Waals surface area contributed by atoms with Gasteiger partial charge in [-0.3, -0.25) is 0 Å². The van der Waals surface area contributed by atoms with Crippen LogP contribution in [0.5, 0.6) is 0 Å². The largest absolute Gasteiger partial charge is 0.353 e. The third kappa shape index (κ3) is 5.69. The molecule has 1 saturated heterocycles. The maximum Gasteiger partial charge on any atom is 0.317 e. The number of nitrogens with one attached hydrogen (secondary N) is 1. The number of urea groups is 1. The molecule has 0 aliphatic carbocycles. The number of anilines is 1. The van der Waals surface area contributed by atoms with E-state index in [9.17, 15) is 4.79 Å². The molecule has 0 atom stereocenters. The zero-order valence-corrected chi connectivity index (χ0v) is 20.0. The Morgan fingerprint density at radius 2 is 1.52 bits per heavy atom. The molecule has 4 rings (SSSR count). The number of aryl methyl sites for hydroxylation is 1. The molecular formula is C27H33N5O. The lowest BCUT2D eigenvalue weighted by molar-refractivity contribution is 0.185. The molecule has 33 heavy (non-hydrogen) atoms. The molecule has 0 bridgehead atoms. The third-order valence-corrected chi connectivity index (χ3v) is 5.80. The number of nitrogens with zero attached hydrogens (tertiary/aromatic N) is 4. The van der Waals surface area contributed by atoms with Crippen molar-refractivity contribution in [3.05, 3.63) is 77.5 Å². The highest BCUT2D eigenvalue weighted by molar-refractivity contribution is 5.75. The number of hydrogen-bond acceptors (Lipinski definition) is 4. The summed E-state index contributed by atoms with van der Waals surface area (Å²) in [6, 6.07) is 20.6. The van der Waals surface area contributed by atoms with Gasteiger partial charge >= 0.3 is 6.03 Å². The number of carbonyl (C=O) groups excluding carboxylic acids is 1. The third-order valence-electron chi connectivity index (χ3n) is 5.80. The maximum absolute atomic E-state index is 12.6. The molecule has 3 aromatic rings. The van der Waals surface area contributed by atoms with Crippen LogP contribution in [-0.2, 0) is 6.42 Å². The lowest BCUT2D eigenvalue weighted by Crippen LogP contribution is -2.55. The van der Waals surface area contributed by atoms with Crippen LogP contribution in [0.1, 0.15) is 37.6 Å². The van der Waals surface area contributed by atoms with Gasteiger partial charge in [0, 0.05) is 55.0 Å². The zero-order chi connectivity index (χ0) is 23.4. The highest BCUT2D eigenvalue weighted by Crippen LogP contribution is 2.28. The van der Waals surface area contributed by atoms with Crippen molar-refractivity contribution < 1.29 is 4.79 Å². The quantitative estimate of drug-likeness (QED) is 0.636. The summed E-state index contributed by atoms with van der Waals surface area (Å²) in [6.45, 7) is 10.9. The van der Waals surface area contributed by atoms with E-state index in [0.717, 1.165) is 48.0 Å².